The second-order valence-corrected chi connectivity index (χ2v) is 8.78. The van der Waals surface area contributed by atoms with E-state index in [9.17, 15) is 9.59 Å². The first-order valence-corrected chi connectivity index (χ1v) is 12.4. The van der Waals surface area contributed by atoms with E-state index in [1.54, 1.807) is 9.80 Å². The van der Waals surface area contributed by atoms with E-state index in [1.807, 2.05) is 118 Å². The highest BCUT2D eigenvalue weighted by molar-refractivity contribution is 6.24. The minimum absolute atomic E-state index is 0.238. The van der Waals surface area contributed by atoms with Gasteiger partial charge in [-0.3, -0.25) is 19.4 Å². The maximum atomic E-state index is 14.7. The van der Waals surface area contributed by atoms with E-state index in [2.05, 4.69) is 11.5 Å². The van der Waals surface area contributed by atoms with Gasteiger partial charge in [0.05, 0.1) is 11.4 Å². The van der Waals surface area contributed by atoms with Crippen molar-refractivity contribution in [1.82, 2.24) is 4.90 Å². The van der Waals surface area contributed by atoms with Gasteiger partial charge in [0.15, 0.2) is 5.41 Å². The van der Waals surface area contributed by atoms with Crippen LogP contribution in [0.3, 0.4) is 0 Å². The molecule has 36 heavy (non-hydrogen) atoms. The van der Waals surface area contributed by atoms with Crippen LogP contribution in [-0.4, -0.2) is 29.8 Å². The number of benzene rings is 3. The summed E-state index contributed by atoms with van der Waals surface area (Å²) in [7, 11) is 0. The van der Waals surface area contributed by atoms with E-state index < -0.39 is 5.41 Å². The Hall–Kier alpha value is -4.12. The van der Waals surface area contributed by atoms with Crippen molar-refractivity contribution in [3.63, 3.8) is 0 Å². The summed E-state index contributed by atoms with van der Waals surface area (Å²) in [6, 6.07) is 28.6. The summed E-state index contributed by atoms with van der Waals surface area (Å²) < 4.78 is 0. The minimum Gasteiger partial charge on any atom is -0.374 e. The van der Waals surface area contributed by atoms with Crippen LogP contribution in [0, 0.1) is 5.41 Å². The highest BCUT2D eigenvalue weighted by atomic mass is 16.2. The molecule has 1 aliphatic rings. The average molecular weight is 480 g/mol. The zero-order valence-corrected chi connectivity index (χ0v) is 21.2. The number of carbonyl (C=O) groups excluding carboxylic acids is 2. The standard InChI is InChI=1S/C31H33N3O2/c1-5-28(32(6-2)7-3)31(23-25-17-11-8-12-18-25)29(35)33(26-19-13-9-14-20-26)24(4)34(30(31)36)27-21-15-10-16-22-27/h5,8-22H,4,6-7,23H2,1-3H3/b28-5-. The molecule has 3 aromatic carbocycles. The van der Waals surface area contributed by atoms with Crippen molar-refractivity contribution in [2.75, 3.05) is 22.9 Å². The van der Waals surface area contributed by atoms with Gasteiger partial charge in [0.1, 0.15) is 5.82 Å². The highest BCUT2D eigenvalue weighted by Gasteiger charge is 2.59. The third-order valence-corrected chi connectivity index (χ3v) is 6.81. The number of carbonyl (C=O) groups is 2. The van der Waals surface area contributed by atoms with Gasteiger partial charge >= 0.3 is 0 Å². The molecule has 1 heterocycles. The Labute approximate surface area is 214 Å². The Morgan fingerprint density at radius 2 is 1.19 bits per heavy atom. The normalized spacial score (nSPS) is 15.9. The maximum Gasteiger partial charge on any atom is 0.254 e. The molecule has 0 atom stereocenters. The number of rotatable bonds is 8. The van der Waals surface area contributed by atoms with Crippen LogP contribution in [0.2, 0.25) is 0 Å². The Bertz CT molecular complexity index is 1190. The van der Waals surface area contributed by atoms with Crippen LogP contribution >= 0.6 is 0 Å². The summed E-state index contributed by atoms with van der Waals surface area (Å²) in [6.45, 7) is 11.6. The van der Waals surface area contributed by atoms with Crippen LogP contribution in [0.25, 0.3) is 0 Å². The van der Waals surface area contributed by atoms with E-state index in [-0.39, 0.29) is 18.2 Å². The molecule has 0 N–H and O–H groups in total. The number of para-hydroxylation sites is 2. The summed E-state index contributed by atoms with van der Waals surface area (Å²) in [5.74, 6) is -0.263. The van der Waals surface area contributed by atoms with Crippen LogP contribution in [0.4, 0.5) is 11.4 Å². The number of nitrogens with zero attached hydrogens (tertiary/aromatic N) is 3. The molecule has 0 saturated carbocycles. The van der Waals surface area contributed by atoms with Gasteiger partial charge in [-0.05, 0) is 50.6 Å². The Morgan fingerprint density at radius 3 is 1.58 bits per heavy atom. The van der Waals surface area contributed by atoms with Gasteiger partial charge in [-0.15, -0.1) is 0 Å². The molecule has 1 fully saturated rings. The quantitative estimate of drug-likeness (QED) is 0.372. The molecule has 0 aromatic heterocycles. The van der Waals surface area contributed by atoms with Crippen LogP contribution < -0.4 is 9.80 Å². The Balaban J connectivity index is 2.03. The second kappa shape index (κ2) is 10.6. The monoisotopic (exact) mass is 479 g/mol. The molecule has 5 heteroatoms. The molecule has 184 valence electrons. The van der Waals surface area contributed by atoms with Crippen molar-refractivity contribution in [2.24, 2.45) is 5.41 Å². The zero-order chi connectivity index (χ0) is 25.7. The largest absolute Gasteiger partial charge is 0.374 e. The highest BCUT2D eigenvalue weighted by Crippen LogP contribution is 2.46. The first-order valence-electron chi connectivity index (χ1n) is 12.4. The van der Waals surface area contributed by atoms with Gasteiger partial charge in [-0.2, -0.15) is 0 Å². The number of hydrogen-bond donors (Lipinski definition) is 0. The molecule has 5 nitrogen and oxygen atoms in total. The summed E-state index contributed by atoms with van der Waals surface area (Å²) >= 11 is 0. The van der Waals surface area contributed by atoms with Crippen molar-refractivity contribution in [2.45, 2.75) is 27.2 Å². The van der Waals surface area contributed by atoms with Gasteiger partial charge in [-0.1, -0.05) is 79.4 Å². The Kier molecular flexibility index (Phi) is 7.39. The summed E-state index contributed by atoms with van der Waals surface area (Å²) in [5.41, 5.74) is 1.50. The molecule has 0 radical (unpaired) electrons. The first-order chi connectivity index (χ1) is 17.5. The molecule has 2 amide bonds. The van der Waals surface area contributed by atoms with Crippen molar-refractivity contribution in [3.8, 4) is 0 Å². The van der Waals surface area contributed by atoms with Crippen LogP contribution in [0.15, 0.2) is 115 Å². The topological polar surface area (TPSA) is 43.9 Å². The number of amides is 2. The molecular weight excluding hydrogens is 446 g/mol. The van der Waals surface area contributed by atoms with E-state index in [0.717, 1.165) is 5.56 Å². The predicted octanol–water partition coefficient (Wildman–Crippen LogP) is 6.01. The van der Waals surface area contributed by atoms with E-state index in [1.165, 1.54) is 0 Å². The first kappa shape index (κ1) is 25.0. The lowest BCUT2D eigenvalue weighted by molar-refractivity contribution is -0.140. The van der Waals surface area contributed by atoms with Crippen LogP contribution in [-0.2, 0) is 16.0 Å². The number of anilines is 2. The lowest BCUT2D eigenvalue weighted by Gasteiger charge is -2.49. The molecule has 3 aromatic rings. The fourth-order valence-electron chi connectivity index (χ4n) is 5.12. The zero-order valence-electron chi connectivity index (χ0n) is 21.2. The van der Waals surface area contributed by atoms with Gasteiger partial charge in [0.2, 0.25) is 0 Å². The Morgan fingerprint density at radius 1 is 0.778 bits per heavy atom. The molecule has 0 bridgehead atoms. The fraction of sp³-hybridized carbons (Fsp3) is 0.226. The summed E-state index contributed by atoms with van der Waals surface area (Å²) in [6.07, 6.45) is 2.16. The molecule has 0 unspecified atom stereocenters. The summed E-state index contributed by atoms with van der Waals surface area (Å²) in [4.78, 5) is 34.8. The van der Waals surface area contributed by atoms with Crippen LogP contribution in [0.5, 0.6) is 0 Å². The van der Waals surface area contributed by atoms with Crippen molar-refractivity contribution < 1.29 is 9.59 Å². The minimum atomic E-state index is -1.48. The fourth-order valence-corrected chi connectivity index (χ4v) is 5.12. The van der Waals surface area contributed by atoms with Gasteiger partial charge in [-0.25, -0.2) is 0 Å². The molecule has 1 aliphatic heterocycles. The van der Waals surface area contributed by atoms with Crippen molar-refractivity contribution in [1.29, 1.82) is 0 Å². The smallest absolute Gasteiger partial charge is 0.254 e. The molecular formula is C31H33N3O2. The molecule has 0 aliphatic carbocycles. The number of allylic oxidation sites excluding steroid dienone is 1. The molecule has 0 spiro atoms. The molecule has 4 rings (SSSR count). The predicted molar refractivity (Wildman–Crippen MR) is 146 cm³/mol. The molecule has 1 saturated heterocycles. The lowest BCUT2D eigenvalue weighted by Crippen LogP contribution is -2.64. The van der Waals surface area contributed by atoms with E-state index in [4.69, 9.17) is 0 Å². The maximum absolute atomic E-state index is 14.7. The average Bonchev–Trinajstić information content (AvgIpc) is 2.92. The van der Waals surface area contributed by atoms with Crippen molar-refractivity contribution in [3.05, 3.63) is 121 Å². The van der Waals surface area contributed by atoms with Gasteiger partial charge in [0.25, 0.3) is 11.8 Å². The SMILES string of the molecule is C=C1N(c2ccccc2)C(=O)C(Cc2ccccc2)(/C(=C/C)N(CC)CC)C(=O)N1c1ccccc1. The third kappa shape index (κ3) is 4.22. The van der Waals surface area contributed by atoms with Crippen molar-refractivity contribution >= 4 is 23.2 Å². The van der Waals surface area contributed by atoms with E-state index >= 15 is 0 Å². The lowest BCUT2D eigenvalue weighted by atomic mass is 9.73. The van der Waals surface area contributed by atoms with Gasteiger partial charge in [0, 0.05) is 25.2 Å². The van der Waals surface area contributed by atoms with E-state index in [0.29, 0.717) is 36.0 Å². The summed E-state index contributed by atoms with van der Waals surface area (Å²) in [5, 5.41) is 0. The van der Waals surface area contributed by atoms with Crippen LogP contribution in [0.1, 0.15) is 26.3 Å². The second-order valence-electron chi connectivity index (χ2n) is 8.78. The number of hydrogen-bond acceptors (Lipinski definition) is 3. The van der Waals surface area contributed by atoms with Gasteiger partial charge < -0.3 is 4.90 Å². The third-order valence-electron chi connectivity index (χ3n) is 6.81.